The SMILES string of the molecule is COc1cc([C@@H]2Nc3ccccc3C(=O)N2Cc2ccccc2)ccc1OCC(=O)[O-]. The van der Waals surface area contributed by atoms with E-state index in [1.165, 1.54) is 7.11 Å². The van der Waals surface area contributed by atoms with Crippen LogP contribution in [0.3, 0.4) is 0 Å². The summed E-state index contributed by atoms with van der Waals surface area (Å²) in [7, 11) is 1.47. The van der Waals surface area contributed by atoms with Crippen LogP contribution in [-0.4, -0.2) is 30.5 Å². The van der Waals surface area contributed by atoms with Gasteiger partial charge in [-0.1, -0.05) is 48.5 Å². The Morgan fingerprint density at radius 1 is 1.03 bits per heavy atom. The molecule has 1 N–H and O–H groups in total. The monoisotopic (exact) mass is 417 g/mol. The number of hydrogen-bond donors (Lipinski definition) is 1. The summed E-state index contributed by atoms with van der Waals surface area (Å²) in [6.45, 7) is -0.166. The maximum absolute atomic E-state index is 13.4. The van der Waals surface area contributed by atoms with Crippen LogP contribution in [0.4, 0.5) is 5.69 Å². The summed E-state index contributed by atoms with van der Waals surface area (Å²) >= 11 is 0. The number of para-hydroxylation sites is 1. The number of aliphatic carboxylic acids is 1. The van der Waals surface area contributed by atoms with Crippen LogP contribution in [0.1, 0.15) is 27.7 Å². The average Bonchev–Trinajstić information content (AvgIpc) is 2.80. The number of amides is 1. The molecule has 1 atom stereocenters. The van der Waals surface area contributed by atoms with E-state index in [1.807, 2.05) is 48.5 Å². The van der Waals surface area contributed by atoms with Gasteiger partial charge >= 0.3 is 0 Å². The highest BCUT2D eigenvalue weighted by Crippen LogP contribution is 2.37. The molecule has 0 radical (unpaired) electrons. The molecule has 158 valence electrons. The minimum Gasteiger partial charge on any atom is -0.546 e. The summed E-state index contributed by atoms with van der Waals surface area (Å²) in [4.78, 5) is 25.8. The Labute approximate surface area is 179 Å². The Bertz CT molecular complexity index is 1100. The molecule has 0 unspecified atom stereocenters. The molecule has 7 heteroatoms. The minimum absolute atomic E-state index is 0.0838. The lowest BCUT2D eigenvalue weighted by Gasteiger charge is -2.38. The normalized spacial score (nSPS) is 15.1. The van der Waals surface area contributed by atoms with Gasteiger partial charge in [0, 0.05) is 12.2 Å². The van der Waals surface area contributed by atoms with Crippen molar-refractivity contribution in [1.82, 2.24) is 4.90 Å². The van der Waals surface area contributed by atoms with Crippen LogP contribution in [0.2, 0.25) is 0 Å². The first-order valence-electron chi connectivity index (χ1n) is 9.78. The van der Waals surface area contributed by atoms with Crippen molar-refractivity contribution >= 4 is 17.6 Å². The van der Waals surface area contributed by atoms with Crippen molar-refractivity contribution in [2.75, 3.05) is 19.0 Å². The molecular formula is C24H21N2O5-. The Hall–Kier alpha value is -4.00. The second-order valence-corrected chi connectivity index (χ2v) is 7.08. The topological polar surface area (TPSA) is 90.9 Å². The van der Waals surface area contributed by atoms with Gasteiger partial charge in [0.15, 0.2) is 11.5 Å². The van der Waals surface area contributed by atoms with Gasteiger partial charge in [0.25, 0.3) is 5.91 Å². The maximum atomic E-state index is 13.4. The summed E-state index contributed by atoms with van der Waals surface area (Å²) in [5, 5.41) is 14.2. The predicted octanol–water partition coefficient (Wildman–Crippen LogP) is 2.59. The third-order valence-electron chi connectivity index (χ3n) is 5.07. The van der Waals surface area contributed by atoms with Gasteiger partial charge in [0.05, 0.1) is 18.6 Å². The molecule has 0 saturated heterocycles. The lowest BCUT2D eigenvalue weighted by molar-refractivity contribution is -0.307. The standard InChI is InChI=1S/C24H22N2O5/c1-30-21-13-17(11-12-20(21)31-15-22(27)28)23-25-19-10-6-5-9-18(19)24(29)26(23)14-16-7-3-2-4-8-16/h2-13,23,25H,14-15H2,1H3,(H,27,28)/p-1/t23-/m1/s1. The van der Waals surface area contributed by atoms with Gasteiger partial charge in [0.2, 0.25) is 0 Å². The zero-order chi connectivity index (χ0) is 21.8. The van der Waals surface area contributed by atoms with Gasteiger partial charge in [-0.05, 0) is 35.4 Å². The van der Waals surface area contributed by atoms with Crippen LogP contribution in [0.5, 0.6) is 11.5 Å². The number of carboxylic acid groups (broad SMARTS) is 1. The number of carbonyl (C=O) groups is 2. The Kier molecular flexibility index (Phi) is 5.75. The summed E-state index contributed by atoms with van der Waals surface area (Å²) in [5.41, 5.74) is 3.13. The molecule has 1 amide bonds. The first-order valence-corrected chi connectivity index (χ1v) is 9.78. The first-order chi connectivity index (χ1) is 15.1. The molecule has 0 aromatic heterocycles. The van der Waals surface area contributed by atoms with Crippen molar-refractivity contribution in [1.29, 1.82) is 0 Å². The van der Waals surface area contributed by atoms with Crippen molar-refractivity contribution in [2.24, 2.45) is 0 Å². The molecule has 1 aliphatic heterocycles. The number of anilines is 1. The maximum Gasteiger partial charge on any atom is 0.258 e. The molecule has 0 fully saturated rings. The fraction of sp³-hybridized carbons (Fsp3) is 0.167. The van der Waals surface area contributed by atoms with Crippen molar-refractivity contribution < 1.29 is 24.2 Å². The fourth-order valence-corrected chi connectivity index (χ4v) is 3.61. The third-order valence-corrected chi connectivity index (χ3v) is 5.07. The number of nitrogens with one attached hydrogen (secondary N) is 1. The Morgan fingerprint density at radius 3 is 2.52 bits per heavy atom. The summed E-state index contributed by atoms with van der Waals surface area (Å²) in [6.07, 6.45) is -0.452. The smallest absolute Gasteiger partial charge is 0.258 e. The van der Waals surface area contributed by atoms with E-state index >= 15 is 0 Å². The number of hydrogen-bond acceptors (Lipinski definition) is 6. The summed E-state index contributed by atoms with van der Waals surface area (Å²) < 4.78 is 10.6. The van der Waals surface area contributed by atoms with Gasteiger partial charge in [-0.15, -0.1) is 0 Å². The molecule has 1 heterocycles. The lowest BCUT2D eigenvalue weighted by Crippen LogP contribution is -2.42. The zero-order valence-electron chi connectivity index (χ0n) is 16.9. The molecule has 0 saturated carbocycles. The minimum atomic E-state index is -1.32. The van der Waals surface area contributed by atoms with E-state index < -0.39 is 18.7 Å². The van der Waals surface area contributed by atoms with Crippen molar-refractivity contribution in [2.45, 2.75) is 12.7 Å². The first kappa shape index (κ1) is 20.3. The van der Waals surface area contributed by atoms with E-state index in [0.29, 0.717) is 17.9 Å². The van der Waals surface area contributed by atoms with Crippen molar-refractivity contribution in [3.8, 4) is 11.5 Å². The second kappa shape index (κ2) is 8.79. The number of carbonyl (C=O) groups excluding carboxylic acids is 2. The molecule has 0 aliphatic carbocycles. The number of nitrogens with zero attached hydrogens (tertiary/aromatic N) is 1. The van der Waals surface area contributed by atoms with Gasteiger partial charge in [0.1, 0.15) is 12.8 Å². The van der Waals surface area contributed by atoms with Crippen LogP contribution < -0.4 is 19.9 Å². The van der Waals surface area contributed by atoms with Crippen molar-refractivity contribution in [3.05, 3.63) is 89.5 Å². The molecule has 31 heavy (non-hydrogen) atoms. The molecule has 3 aromatic carbocycles. The third kappa shape index (κ3) is 4.30. The highest BCUT2D eigenvalue weighted by atomic mass is 16.5. The van der Waals surface area contributed by atoms with Gasteiger partial charge < -0.3 is 29.6 Å². The molecule has 1 aliphatic rings. The van der Waals surface area contributed by atoms with Crippen LogP contribution in [0.15, 0.2) is 72.8 Å². The Morgan fingerprint density at radius 2 is 1.77 bits per heavy atom. The van der Waals surface area contributed by atoms with Crippen LogP contribution in [0.25, 0.3) is 0 Å². The van der Waals surface area contributed by atoms with E-state index in [9.17, 15) is 14.7 Å². The number of ether oxygens (including phenoxy) is 2. The number of benzene rings is 3. The molecule has 4 rings (SSSR count). The second-order valence-electron chi connectivity index (χ2n) is 7.08. The molecule has 0 bridgehead atoms. The van der Waals surface area contributed by atoms with Crippen LogP contribution >= 0.6 is 0 Å². The van der Waals surface area contributed by atoms with Crippen molar-refractivity contribution in [3.63, 3.8) is 0 Å². The molecule has 7 nitrogen and oxygen atoms in total. The number of fused-ring (bicyclic) bond motifs is 1. The quantitative estimate of drug-likeness (QED) is 0.636. The summed E-state index contributed by atoms with van der Waals surface area (Å²) in [6, 6.07) is 22.3. The largest absolute Gasteiger partial charge is 0.546 e. The van der Waals surface area contributed by atoms with E-state index in [1.54, 1.807) is 29.2 Å². The molecular weight excluding hydrogens is 396 g/mol. The van der Waals surface area contributed by atoms with E-state index in [2.05, 4.69) is 5.32 Å². The van der Waals surface area contributed by atoms with Gasteiger partial charge in [-0.2, -0.15) is 0 Å². The fourth-order valence-electron chi connectivity index (χ4n) is 3.61. The average molecular weight is 417 g/mol. The highest BCUT2D eigenvalue weighted by Gasteiger charge is 2.33. The van der Waals surface area contributed by atoms with Gasteiger partial charge in [-0.25, -0.2) is 0 Å². The van der Waals surface area contributed by atoms with E-state index in [-0.39, 0.29) is 11.7 Å². The Balaban J connectivity index is 1.71. The number of rotatable bonds is 7. The lowest BCUT2D eigenvalue weighted by atomic mass is 10.0. The highest BCUT2D eigenvalue weighted by molar-refractivity contribution is 6.01. The summed E-state index contributed by atoms with van der Waals surface area (Å²) in [5.74, 6) is -0.755. The van der Waals surface area contributed by atoms with Crippen LogP contribution in [-0.2, 0) is 11.3 Å². The van der Waals surface area contributed by atoms with E-state index in [4.69, 9.17) is 9.47 Å². The number of methoxy groups -OCH3 is 1. The number of carboxylic acids is 1. The predicted molar refractivity (Wildman–Crippen MR) is 113 cm³/mol. The molecule has 3 aromatic rings. The van der Waals surface area contributed by atoms with E-state index in [0.717, 1.165) is 16.8 Å². The van der Waals surface area contributed by atoms with Crippen LogP contribution in [0, 0.1) is 0 Å². The van der Waals surface area contributed by atoms with Gasteiger partial charge in [-0.3, -0.25) is 4.79 Å². The molecule has 0 spiro atoms. The zero-order valence-corrected chi connectivity index (χ0v) is 16.9.